The summed E-state index contributed by atoms with van der Waals surface area (Å²) < 4.78 is 5.30. The van der Waals surface area contributed by atoms with Gasteiger partial charge in [0.05, 0.1) is 6.04 Å². The highest BCUT2D eigenvalue weighted by Crippen LogP contribution is 2.18. The zero-order chi connectivity index (χ0) is 18.2. The highest BCUT2D eigenvalue weighted by Gasteiger charge is 2.16. The Morgan fingerprint density at radius 2 is 1.76 bits per heavy atom. The maximum Gasteiger partial charge on any atom is 0.255 e. The van der Waals surface area contributed by atoms with E-state index < -0.39 is 6.10 Å². The summed E-state index contributed by atoms with van der Waals surface area (Å²) in [6.45, 7) is 5.97. The molecule has 0 radical (unpaired) electrons. The summed E-state index contributed by atoms with van der Waals surface area (Å²) in [6, 6.07) is 16.3. The molecule has 25 heavy (non-hydrogen) atoms. The van der Waals surface area contributed by atoms with Crippen LogP contribution in [0.5, 0.6) is 0 Å². The molecule has 0 heterocycles. The molecule has 0 aliphatic heterocycles. The minimum Gasteiger partial charge on any atom is -0.369 e. The van der Waals surface area contributed by atoms with Crippen molar-refractivity contribution < 1.29 is 14.3 Å². The molecule has 0 spiro atoms. The van der Waals surface area contributed by atoms with Crippen LogP contribution in [0.15, 0.2) is 54.6 Å². The Morgan fingerprint density at radius 3 is 2.44 bits per heavy atom. The van der Waals surface area contributed by atoms with Gasteiger partial charge in [-0.1, -0.05) is 30.3 Å². The Morgan fingerprint density at radius 1 is 1.04 bits per heavy atom. The van der Waals surface area contributed by atoms with Crippen molar-refractivity contribution in [3.05, 3.63) is 65.7 Å². The summed E-state index contributed by atoms with van der Waals surface area (Å²) in [5, 5.41) is 5.79. The molecule has 2 N–H and O–H groups in total. The molecular formula is C20H24N2O3. The van der Waals surface area contributed by atoms with Crippen LogP contribution in [0.25, 0.3) is 0 Å². The first kappa shape index (κ1) is 18.7. The Bertz CT molecular complexity index is 716. The van der Waals surface area contributed by atoms with E-state index in [4.69, 9.17) is 4.74 Å². The number of rotatable bonds is 7. The molecule has 2 unspecified atom stereocenters. The second-order valence-corrected chi connectivity index (χ2v) is 5.77. The van der Waals surface area contributed by atoms with Gasteiger partial charge in [-0.15, -0.1) is 0 Å². The SMILES string of the molecule is CCOC(C)C(=O)NC(C)c1cccc(NC(=O)c2ccccc2)c1. The van der Waals surface area contributed by atoms with Crippen molar-refractivity contribution in [3.63, 3.8) is 0 Å². The molecule has 0 aliphatic rings. The van der Waals surface area contributed by atoms with Crippen molar-refractivity contribution in [2.75, 3.05) is 11.9 Å². The second-order valence-electron chi connectivity index (χ2n) is 5.77. The predicted molar refractivity (Wildman–Crippen MR) is 98.5 cm³/mol. The Kier molecular flexibility index (Phi) is 6.71. The molecule has 0 fully saturated rings. The van der Waals surface area contributed by atoms with Crippen LogP contribution in [0.4, 0.5) is 5.69 Å². The first-order valence-corrected chi connectivity index (χ1v) is 8.39. The molecule has 0 bridgehead atoms. The number of carbonyl (C=O) groups excluding carboxylic acids is 2. The van der Waals surface area contributed by atoms with Crippen molar-refractivity contribution in [2.24, 2.45) is 0 Å². The smallest absolute Gasteiger partial charge is 0.255 e. The van der Waals surface area contributed by atoms with Gasteiger partial charge in [-0.25, -0.2) is 0 Å². The maximum absolute atomic E-state index is 12.2. The van der Waals surface area contributed by atoms with E-state index in [1.165, 1.54) is 0 Å². The summed E-state index contributed by atoms with van der Waals surface area (Å²) in [7, 11) is 0. The molecule has 0 saturated heterocycles. The van der Waals surface area contributed by atoms with Crippen LogP contribution in [-0.4, -0.2) is 24.5 Å². The van der Waals surface area contributed by atoms with Crippen molar-refractivity contribution in [1.82, 2.24) is 5.32 Å². The van der Waals surface area contributed by atoms with Gasteiger partial charge in [-0.2, -0.15) is 0 Å². The van der Waals surface area contributed by atoms with Crippen molar-refractivity contribution >= 4 is 17.5 Å². The number of benzene rings is 2. The first-order valence-electron chi connectivity index (χ1n) is 8.39. The summed E-state index contributed by atoms with van der Waals surface area (Å²) in [5.41, 5.74) is 2.19. The van der Waals surface area contributed by atoms with Gasteiger partial charge in [0.2, 0.25) is 5.91 Å². The molecular weight excluding hydrogens is 316 g/mol. The number of carbonyl (C=O) groups is 2. The number of nitrogens with one attached hydrogen (secondary N) is 2. The average molecular weight is 340 g/mol. The molecule has 0 aliphatic carbocycles. The number of hydrogen-bond acceptors (Lipinski definition) is 3. The fraction of sp³-hybridized carbons (Fsp3) is 0.300. The van der Waals surface area contributed by atoms with Crippen LogP contribution < -0.4 is 10.6 Å². The molecule has 2 atom stereocenters. The highest BCUT2D eigenvalue weighted by atomic mass is 16.5. The van der Waals surface area contributed by atoms with Crippen LogP contribution in [0.1, 0.15) is 42.7 Å². The molecule has 0 aromatic heterocycles. The third kappa shape index (κ3) is 5.43. The number of anilines is 1. The Labute approximate surface area is 148 Å². The lowest BCUT2D eigenvalue weighted by atomic mass is 10.1. The lowest BCUT2D eigenvalue weighted by Crippen LogP contribution is -2.36. The van der Waals surface area contributed by atoms with E-state index >= 15 is 0 Å². The molecule has 2 aromatic carbocycles. The summed E-state index contributed by atoms with van der Waals surface area (Å²) >= 11 is 0. The van der Waals surface area contributed by atoms with Crippen LogP contribution in [0.2, 0.25) is 0 Å². The lowest BCUT2D eigenvalue weighted by Gasteiger charge is -2.18. The first-order chi connectivity index (χ1) is 12.0. The van der Waals surface area contributed by atoms with Gasteiger partial charge >= 0.3 is 0 Å². The molecule has 2 rings (SSSR count). The fourth-order valence-corrected chi connectivity index (χ4v) is 2.42. The minimum absolute atomic E-state index is 0.159. The van der Waals surface area contributed by atoms with E-state index in [0.717, 1.165) is 5.56 Å². The summed E-state index contributed by atoms with van der Waals surface area (Å²) in [5.74, 6) is -0.326. The van der Waals surface area contributed by atoms with E-state index in [2.05, 4.69) is 10.6 Å². The van der Waals surface area contributed by atoms with Gasteiger partial charge < -0.3 is 15.4 Å². The Balaban J connectivity index is 2.03. The zero-order valence-corrected chi connectivity index (χ0v) is 14.8. The summed E-state index contributed by atoms with van der Waals surface area (Å²) in [6.07, 6.45) is -0.492. The number of ether oxygens (including phenoxy) is 1. The molecule has 5 heteroatoms. The van der Waals surface area contributed by atoms with Crippen molar-refractivity contribution in [2.45, 2.75) is 32.9 Å². The monoisotopic (exact) mass is 340 g/mol. The van der Waals surface area contributed by atoms with Gasteiger partial charge in [0.15, 0.2) is 0 Å². The standard InChI is InChI=1S/C20H24N2O3/c1-4-25-15(3)19(23)21-14(2)17-11-8-12-18(13-17)22-20(24)16-9-6-5-7-10-16/h5-15H,4H2,1-3H3,(H,21,23)(H,22,24). The average Bonchev–Trinajstić information content (AvgIpc) is 2.62. The van der Waals surface area contributed by atoms with E-state index in [-0.39, 0.29) is 17.9 Å². The number of hydrogen-bond donors (Lipinski definition) is 2. The van der Waals surface area contributed by atoms with Crippen LogP contribution in [0.3, 0.4) is 0 Å². The quantitative estimate of drug-likeness (QED) is 0.810. The molecule has 132 valence electrons. The molecule has 0 saturated carbocycles. The normalized spacial score (nSPS) is 12.9. The summed E-state index contributed by atoms with van der Waals surface area (Å²) in [4.78, 5) is 24.3. The van der Waals surface area contributed by atoms with Gasteiger partial charge in [0, 0.05) is 17.9 Å². The second kappa shape index (κ2) is 8.99. The van der Waals surface area contributed by atoms with Crippen molar-refractivity contribution in [1.29, 1.82) is 0 Å². The maximum atomic E-state index is 12.2. The van der Waals surface area contributed by atoms with Gasteiger partial charge in [0.25, 0.3) is 5.91 Å². The van der Waals surface area contributed by atoms with Gasteiger partial charge in [-0.3, -0.25) is 9.59 Å². The number of amides is 2. The molecule has 2 amide bonds. The van der Waals surface area contributed by atoms with E-state index in [1.54, 1.807) is 19.1 Å². The minimum atomic E-state index is -0.492. The van der Waals surface area contributed by atoms with Crippen LogP contribution >= 0.6 is 0 Å². The van der Waals surface area contributed by atoms with Crippen LogP contribution in [-0.2, 0) is 9.53 Å². The largest absolute Gasteiger partial charge is 0.369 e. The van der Waals surface area contributed by atoms with E-state index in [0.29, 0.717) is 17.9 Å². The topological polar surface area (TPSA) is 67.4 Å². The zero-order valence-electron chi connectivity index (χ0n) is 14.8. The fourth-order valence-electron chi connectivity index (χ4n) is 2.42. The third-order valence-corrected chi connectivity index (χ3v) is 3.83. The van der Waals surface area contributed by atoms with E-state index in [9.17, 15) is 9.59 Å². The predicted octanol–water partition coefficient (Wildman–Crippen LogP) is 3.54. The van der Waals surface area contributed by atoms with Crippen molar-refractivity contribution in [3.8, 4) is 0 Å². The molecule has 5 nitrogen and oxygen atoms in total. The Hall–Kier alpha value is -2.66. The van der Waals surface area contributed by atoms with E-state index in [1.807, 2.05) is 56.3 Å². The van der Waals surface area contributed by atoms with Crippen LogP contribution in [0, 0.1) is 0 Å². The highest BCUT2D eigenvalue weighted by molar-refractivity contribution is 6.04. The van der Waals surface area contributed by atoms with Gasteiger partial charge in [0.1, 0.15) is 6.10 Å². The third-order valence-electron chi connectivity index (χ3n) is 3.83. The molecule has 2 aromatic rings. The van der Waals surface area contributed by atoms with Gasteiger partial charge in [-0.05, 0) is 50.6 Å². The lowest BCUT2D eigenvalue weighted by molar-refractivity contribution is -0.132.